The molecular weight excluding hydrogens is 234 g/mol. The van der Waals surface area contributed by atoms with Crippen molar-refractivity contribution in [1.82, 2.24) is 9.97 Å². The lowest BCUT2D eigenvalue weighted by Crippen LogP contribution is -2.04. The Labute approximate surface area is 105 Å². The van der Waals surface area contributed by atoms with Crippen LogP contribution < -0.4 is 10.1 Å². The number of nitrogens with one attached hydrogen (secondary N) is 1. The largest absolute Gasteiger partial charge is 0.477 e. The highest BCUT2D eigenvalue weighted by atomic mass is 32.1. The second kappa shape index (κ2) is 6.20. The van der Waals surface area contributed by atoms with Crippen molar-refractivity contribution >= 4 is 17.2 Å². The lowest BCUT2D eigenvalue weighted by molar-refractivity contribution is 0.310. The van der Waals surface area contributed by atoms with Crippen LogP contribution in [0.5, 0.6) is 5.88 Å². The zero-order chi connectivity index (χ0) is 11.9. The Hall–Kier alpha value is -1.62. The predicted molar refractivity (Wildman–Crippen MR) is 69.7 cm³/mol. The average Bonchev–Trinajstić information content (AvgIpc) is 2.83. The van der Waals surface area contributed by atoms with E-state index >= 15 is 0 Å². The summed E-state index contributed by atoms with van der Waals surface area (Å²) in [6, 6.07) is 5.98. The van der Waals surface area contributed by atoms with Gasteiger partial charge in [-0.2, -0.15) is 0 Å². The lowest BCUT2D eigenvalue weighted by Gasteiger charge is -2.06. The maximum absolute atomic E-state index is 5.58. The number of hydrogen-bond acceptors (Lipinski definition) is 5. The molecule has 2 aromatic rings. The van der Waals surface area contributed by atoms with Gasteiger partial charge in [-0.05, 0) is 18.4 Å². The molecule has 0 radical (unpaired) electrons. The second-order valence-electron chi connectivity index (χ2n) is 3.45. The van der Waals surface area contributed by atoms with Gasteiger partial charge in [0.25, 0.3) is 0 Å². The first-order chi connectivity index (χ1) is 8.38. The van der Waals surface area contributed by atoms with Gasteiger partial charge in [0.1, 0.15) is 12.1 Å². The van der Waals surface area contributed by atoms with Crippen LogP contribution >= 0.6 is 11.3 Å². The molecule has 0 saturated heterocycles. The molecule has 5 heteroatoms. The molecular formula is C12H15N3OS. The number of hydrogen-bond donors (Lipinski definition) is 1. The molecule has 0 amide bonds. The van der Waals surface area contributed by atoms with Gasteiger partial charge in [0, 0.05) is 23.9 Å². The Morgan fingerprint density at radius 1 is 1.41 bits per heavy atom. The first kappa shape index (κ1) is 11.9. The summed E-state index contributed by atoms with van der Waals surface area (Å²) in [6.07, 6.45) is 2.43. The summed E-state index contributed by atoms with van der Waals surface area (Å²) in [5.74, 6) is 1.42. The van der Waals surface area contributed by atoms with Crippen LogP contribution in [-0.2, 0) is 6.42 Å². The summed E-state index contributed by atoms with van der Waals surface area (Å²) in [5.41, 5.74) is 0. The molecule has 17 heavy (non-hydrogen) atoms. The minimum Gasteiger partial charge on any atom is -0.477 e. The highest BCUT2D eigenvalue weighted by Gasteiger charge is 1.99. The van der Waals surface area contributed by atoms with Crippen LogP contribution in [0.2, 0.25) is 0 Å². The molecule has 1 N–H and O–H groups in total. The molecule has 90 valence electrons. The molecule has 0 aliphatic heterocycles. The number of thiophene rings is 1. The summed E-state index contributed by atoms with van der Waals surface area (Å²) in [5, 5.41) is 5.20. The fourth-order valence-electron chi connectivity index (χ4n) is 1.41. The lowest BCUT2D eigenvalue weighted by atomic mass is 10.4. The van der Waals surface area contributed by atoms with Crippen molar-refractivity contribution in [3.05, 3.63) is 34.8 Å². The summed E-state index contributed by atoms with van der Waals surface area (Å²) in [7, 11) is 0. The van der Waals surface area contributed by atoms with Crippen LogP contribution in [0.4, 0.5) is 5.82 Å². The van der Waals surface area contributed by atoms with E-state index in [1.807, 2.05) is 19.1 Å². The maximum atomic E-state index is 5.58. The van der Waals surface area contributed by atoms with Gasteiger partial charge < -0.3 is 10.1 Å². The van der Waals surface area contributed by atoms with E-state index < -0.39 is 0 Å². The first-order valence-electron chi connectivity index (χ1n) is 5.59. The molecule has 0 saturated carbocycles. The van der Waals surface area contributed by atoms with Crippen LogP contribution in [0.3, 0.4) is 0 Å². The van der Waals surface area contributed by atoms with Crippen molar-refractivity contribution in [2.24, 2.45) is 0 Å². The number of rotatable bonds is 6. The van der Waals surface area contributed by atoms with Gasteiger partial charge in [0.2, 0.25) is 5.88 Å². The van der Waals surface area contributed by atoms with Crippen molar-refractivity contribution in [3.8, 4) is 5.88 Å². The molecule has 0 bridgehead atoms. The average molecular weight is 249 g/mol. The van der Waals surface area contributed by atoms with E-state index in [4.69, 9.17) is 4.74 Å². The van der Waals surface area contributed by atoms with Crippen LogP contribution in [0.1, 0.15) is 11.8 Å². The second-order valence-corrected chi connectivity index (χ2v) is 4.48. The van der Waals surface area contributed by atoms with E-state index in [1.54, 1.807) is 11.3 Å². The maximum Gasteiger partial charge on any atom is 0.218 e. The minimum atomic E-state index is 0.618. The quantitative estimate of drug-likeness (QED) is 0.854. The third kappa shape index (κ3) is 3.71. The van der Waals surface area contributed by atoms with Crippen LogP contribution in [0.15, 0.2) is 29.9 Å². The Morgan fingerprint density at radius 3 is 3.12 bits per heavy atom. The van der Waals surface area contributed by atoms with E-state index in [2.05, 4.69) is 26.7 Å². The van der Waals surface area contributed by atoms with E-state index in [1.165, 1.54) is 11.2 Å². The summed E-state index contributed by atoms with van der Waals surface area (Å²) >= 11 is 1.74. The van der Waals surface area contributed by atoms with E-state index in [0.717, 1.165) is 18.8 Å². The molecule has 0 spiro atoms. The van der Waals surface area contributed by atoms with Crippen molar-refractivity contribution < 1.29 is 4.74 Å². The normalized spacial score (nSPS) is 10.2. The highest BCUT2D eigenvalue weighted by Crippen LogP contribution is 2.13. The third-order valence-electron chi connectivity index (χ3n) is 2.18. The zero-order valence-corrected chi connectivity index (χ0v) is 10.5. The summed E-state index contributed by atoms with van der Waals surface area (Å²) in [4.78, 5) is 9.48. The highest BCUT2D eigenvalue weighted by molar-refractivity contribution is 7.09. The Kier molecular flexibility index (Phi) is 4.32. The topological polar surface area (TPSA) is 47.0 Å². The zero-order valence-electron chi connectivity index (χ0n) is 9.72. The Morgan fingerprint density at radius 2 is 2.35 bits per heavy atom. The predicted octanol–water partition coefficient (Wildman–Crippen LogP) is 2.59. The first-order valence-corrected chi connectivity index (χ1v) is 6.47. The van der Waals surface area contributed by atoms with Crippen LogP contribution in [0, 0.1) is 0 Å². The molecule has 2 rings (SSSR count). The molecule has 2 heterocycles. The van der Waals surface area contributed by atoms with Gasteiger partial charge in [0.15, 0.2) is 0 Å². The summed E-state index contributed by atoms with van der Waals surface area (Å²) in [6.45, 7) is 3.51. The molecule has 0 fully saturated rings. The number of ether oxygens (including phenoxy) is 1. The van der Waals surface area contributed by atoms with Crippen molar-refractivity contribution in [2.45, 2.75) is 13.3 Å². The van der Waals surface area contributed by atoms with Gasteiger partial charge in [-0.3, -0.25) is 0 Å². The third-order valence-corrected chi connectivity index (χ3v) is 3.11. The van der Waals surface area contributed by atoms with E-state index in [9.17, 15) is 0 Å². The van der Waals surface area contributed by atoms with E-state index in [-0.39, 0.29) is 0 Å². The molecule has 4 nitrogen and oxygen atoms in total. The minimum absolute atomic E-state index is 0.618. The van der Waals surface area contributed by atoms with E-state index in [0.29, 0.717) is 12.5 Å². The van der Waals surface area contributed by atoms with Gasteiger partial charge in [-0.15, -0.1) is 11.3 Å². The molecule has 0 aliphatic carbocycles. The molecule has 0 aromatic carbocycles. The number of aromatic nitrogens is 2. The summed E-state index contributed by atoms with van der Waals surface area (Å²) < 4.78 is 5.58. The monoisotopic (exact) mass is 249 g/mol. The van der Waals surface area contributed by atoms with Gasteiger partial charge in [-0.25, -0.2) is 9.97 Å². The molecule has 0 atom stereocenters. The Bertz CT molecular complexity index is 445. The molecule has 0 aliphatic rings. The SMILES string of the molecule is CCNc1cc(OCCc2cccs2)ncn1. The van der Waals surface area contributed by atoms with Crippen LogP contribution in [0.25, 0.3) is 0 Å². The van der Waals surface area contributed by atoms with Crippen molar-refractivity contribution in [1.29, 1.82) is 0 Å². The van der Waals surface area contributed by atoms with Crippen molar-refractivity contribution in [3.63, 3.8) is 0 Å². The van der Waals surface area contributed by atoms with Crippen molar-refractivity contribution in [2.75, 3.05) is 18.5 Å². The number of nitrogens with zero attached hydrogens (tertiary/aromatic N) is 2. The van der Waals surface area contributed by atoms with Gasteiger partial charge in [-0.1, -0.05) is 6.07 Å². The van der Waals surface area contributed by atoms with Crippen LogP contribution in [-0.4, -0.2) is 23.1 Å². The standard InChI is InChI=1S/C12H15N3OS/c1-2-13-11-8-12(15-9-14-11)16-6-5-10-4-3-7-17-10/h3-4,7-9H,2,5-6H2,1H3,(H,13,14,15). The van der Waals surface area contributed by atoms with Gasteiger partial charge >= 0.3 is 0 Å². The van der Waals surface area contributed by atoms with Gasteiger partial charge in [0.05, 0.1) is 6.61 Å². The molecule has 0 unspecified atom stereocenters. The fraction of sp³-hybridized carbons (Fsp3) is 0.333. The molecule has 2 aromatic heterocycles. The fourth-order valence-corrected chi connectivity index (χ4v) is 2.10. The Balaban J connectivity index is 1.84. The number of anilines is 1. The smallest absolute Gasteiger partial charge is 0.218 e.